The van der Waals surface area contributed by atoms with Crippen molar-refractivity contribution in [2.75, 3.05) is 19.7 Å². The van der Waals surface area contributed by atoms with Gasteiger partial charge in [0.2, 0.25) is 0 Å². The van der Waals surface area contributed by atoms with Crippen LogP contribution in [0.5, 0.6) is 0 Å². The van der Waals surface area contributed by atoms with Crippen molar-refractivity contribution in [1.29, 1.82) is 5.26 Å². The lowest BCUT2D eigenvalue weighted by Gasteiger charge is -2.10. The van der Waals surface area contributed by atoms with E-state index in [1.165, 1.54) is 6.20 Å². The van der Waals surface area contributed by atoms with Crippen molar-refractivity contribution in [3.8, 4) is 6.07 Å². The molecule has 1 aliphatic heterocycles. The van der Waals surface area contributed by atoms with E-state index in [9.17, 15) is 4.79 Å². The fourth-order valence-corrected chi connectivity index (χ4v) is 2.42. The molecule has 6 heteroatoms. The summed E-state index contributed by atoms with van der Waals surface area (Å²) in [5.74, 6) is -0.373. The number of halogens is 1. The van der Waals surface area contributed by atoms with Gasteiger partial charge in [-0.15, -0.1) is 0 Å². The van der Waals surface area contributed by atoms with Gasteiger partial charge in [-0.2, -0.15) is 5.26 Å². The predicted molar refractivity (Wildman–Crippen MR) is 88.8 cm³/mol. The van der Waals surface area contributed by atoms with Gasteiger partial charge in [0.15, 0.2) is 0 Å². The van der Waals surface area contributed by atoms with Crippen molar-refractivity contribution in [3.05, 3.63) is 46.6 Å². The van der Waals surface area contributed by atoms with Crippen LogP contribution >= 0.6 is 11.6 Å². The van der Waals surface area contributed by atoms with Crippen LogP contribution in [-0.4, -0.2) is 31.7 Å². The van der Waals surface area contributed by atoms with Crippen molar-refractivity contribution < 1.29 is 9.53 Å². The summed E-state index contributed by atoms with van der Waals surface area (Å²) in [7, 11) is 0. The first-order valence-electron chi connectivity index (χ1n) is 7.67. The van der Waals surface area contributed by atoms with Crippen LogP contribution in [0.15, 0.2) is 36.0 Å². The second-order valence-corrected chi connectivity index (χ2v) is 5.78. The van der Waals surface area contributed by atoms with Crippen LogP contribution in [0.3, 0.4) is 0 Å². The average Bonchev–Trinajstić information content (AvgIpc) is 3.08. The van der Waals surface area contributed by atoms with Gasteiger partial charge in [-0.3, -0.25) is 4.79 Å². The Balaban J connectivity index is 1.73. The van der Waals surface area contributed by atoms with E-state index in [0.717, 1.165) is 31.4 Å². The molecule has 2 N–H and O–H groups in total. The molecule has 23 heavy (non-hydrogen) atoms. The predicted octanol–water partition coefficient (Wildman–Crippen LogP) is 2.17. The smallest absolute Gasteiger partial charge is 0.263 e. The van der Waals surface area contributed by atoms with Gasteiger partial charge in [-0.1, -0.05) is 23.7 Å². The number of hydrogen-bond donors (Lipinski definition) is 2. The second kappa shape index (κ2) is 9.19. The van der Waals surface area contributed by atoms with E-state index >= 15 is 0 Å². The van der Waals surface area contributed by atoms with Gasteiger partial charge in [0.05, 0.1) is 6.10 Å². The Morgan fingerprint density at radius 1 is 1.43 bits per heavy atom. The van der Waals surface area contributed by atoms with E-state index in [4.69, 9.17) is 21.6 Å². The molecule has 1 aromatic carbocycles. The third-order valence-electron chi connectivity index (χ3n) is 3.60. The number of carbonyl (C=O) groups is 1. The van der Waals surface area contributed by atoms with Crippen LogP contribution in [-0.2, 0) is 16.0 Å². The van der Waals surface area contributed by atoms with Crippen molar-refractivity contribution >= 4 is 17.5 Å². The zero-order valence-corrected chi connectivity index (χ0v) is 13.6. The summed E-state index contributed by atoms with van der Waals surface area (Å²) in [4.78, 5) is 11.9. The standard InChI is InChI=1S/C17H20ClN3O2/c18-15-5-3-13(4-6-15)7-8-20-11-14(10-19)17(22)21-12-16-2-1-9-23-16/h3-6,11,16,20H,1-2,7-9,12H2,(H,21,22)/b14-11-. The SMILES string of the molecule is N#C/C(=C/NCCc1ccc(Cl)cc1)C(=O)NCC1CCCO1. The highest BCUT2D eigenvalue weighted by Crippen LogP contribution is 2.11. The molecule has 0 spiro atoms. The monoisotopic (exact) mass is 333 g/mol. The molecule has 1 amide bonds. The zero-order valence-electron chi connectivity index (χ0n) is 12.8. The highest BCUT2D eigenvalue weighted by atomic mass is 35.5. The number of nitrogens with one attached hydrogen (secondary N) is 2. The Morgan fingerprint density at radius 3 is 2.87 bits per heavy atom. The molecule has 2 rings (SSSR count). The van der Waals surface area contributed by atoms with E-state index in [-0.39, 0.29) is 17.6 Å². The Labute approximate surface area is 141 Å². The van der Waals surface area contributed by atoms with Gasteiger partial charge in [-0.25, -0.2) is 0 Å². The molecule has 5 nitrogen and oxygen atoms in total. The number of carbonyl (C=O) groups excluding carboxylic acids is 1. The highest BCUT2D eigenvalue weighted by molar-refractivity contribution is 6.30. The molecule has 1 aromatic rings. The highest BCUT2D eigenvalue weighted by Gasteiger charge is 2.17. The lowest BCUT2D eigenvalue weighted by atomic mass is 10.1. The van der Waals surface area contributed by atoms with Crippen molar-refractivity contribution in [2.24, 2.45) is 0 Å². The minimum atomic E-state index is -0.373. The van der Waals surface area contributed by atoms with Gasteiger partial charge in [0, 0.05) is 30.9 Å². The van der Waals surface area contributed by atoms with Crippen LogP contribution in [0.25, 0.3) is 0 Å². The Bertz CT molecular complexity index is 587. The molecule has 0 bridgehead atoms. The van der Waals surface area contributed by atoms with Gasteiger partial charge < -0.3 is 15.4 Å². The number of ether oxygens (including phenoxy) is 1. The normalized spacial score (nSPS) is 17.6. The van der Waals surface area contributed by atoms with Crippen LogP contribution in [0.4, 0.5) is 0 Å². The molecule has 1 aliphatic rings. The summed E-state index contributed by atoms with van der Waals surface area (Å²) in [5, 5.41) is 15.5. The number of nitrogens with zero attached hydrogens (tertiary/aromatic N) is 1. The van der Waals surface area contributed by atoms with E-state index in [2.05, 4.69) is 10.6 Å². The summed E-state index contributed by atoms with van der Waals surface area (Å²) in [6.45, 7) is 1.82. The maximum absolute atomic E-state index is 11.9. The first-order valence-corrected chi connectivity index (χ1v) is 8.04. The maximum Gasteiger partial charge on any atom is 0.263 e. The molecule has 0 aliphatic carbocycles. The summed E-state index contributed by atoms with van der Waals surface area (Å²) >= 11 is 5.83. The Kier molecular flexibility index (Phi) is 6.92. The molecule has 0 aromatic heterocycles. The van der Waals surface area contributed by atoms with E-state index < -0.39 is 0 Å². The van der Waals surface area contributed by atoms with E-state index in [1.54, 1.807) is 0 Å². The minimum Gasteiger partial charge on any atom is -0.389 e. The average molecular weight is 334 g/mol. The fraction of sp³-hybridized carbons (Fsp3) is 0.412. The third kappa shape index (κ3) is 5.93. The number of hydrogen-bond acceptors (Lipinski definition) is 4. The molecule has 1 unspecified atom stereocenters. The number of rotatable bonds is 7. The van der Waals surface area contributed by atoms with Crippen LogP contribution < -0.4 is 10.6 Å². The van der Waals surface area contributed by atoms with Gasteiger partial charge in [-0.05, 0) is 37.0 Å². The third-order valence-corrected chi connectivity index (χ3v) is 3.85. The molecule has 122 valence electrons. The second-order valence-electron chi connectivity index (χ2n) is 5.35. The lowest BCUT2D eigenvalue weighted by molar-refractivity contribution is -0.117. The fourth-order valence-electron chi connectivity index (χ4n) is 2.30. The first-order chi connectivity index (χ1) is 11.2. The topological polar surface area (TPSA) is 74.2 Å². The summed E-state index contributed by atoms with van der Waals surface area (Å²) in [6.07, 6.45) is 4.28. The number of amides is 1. The molecule has 1 fully saturated rings. The molecular weight excluding hydrogens is 314 g/mol. The van der Waals surface area contributed by atoms with Gasteiger partial charge >= 0.3 is 0 Å². The van der Waals surface area contributed by atoms with E-state index in [0.29, 0.717) is 18.1 Å². The van der Waals surface area contributed by atoms with Crippen LogP contribution in [0.1, 0.15) is 18.4 Å². The number of nitriles is 1. The summed E-state index contributed by atoms with van der Waals surface area (Å²) in [5.41, 5.74) is 1.20. The van der Waals surface area contributed by atoms with Crippen LogP contribution in [0.2, 0.25) is 5.02 Å². The zero-order chi connectivity index (χ0) is 16.5. The van der Waals surface area contributed by atoms with Crippen molar-refractivity contribution in [3.63, 3.8) is 0 Å². The minimum absolute atomic E-state index is 0.0664. The number of benzene rings is 1. The summed E-state index contributed by atoms with van der Waals surface area (Å²) in [6, 6.07) is 9.49. The van der Waals surface area contributed by atoms with Crippen LogP contribution in [0, 0.1) is 11.3 Å². The molecular formula is C17H20ClN3O2. The maximum atomic E-state index is 11.9. The molecule has 1 heterocycles. The van der Waals surface area contributed by atoms with Gasteiger partial charge in [0.1, 0.15) is 11.6 Å². The van der Waals surface area contributed by atoms with Crippen molar-refractivity contribution in [1.82, 2.24) is 10.6 Å². The largest absolute Gasteiger partial charge is 0.389 e. The molecule has 1 atom stereocenters. The summed E-state index contributed by atoms with van der Waals surface area (Å²) < 4.78 is 5.43. The quantitative estimate of drug-likeness (QED) is 0.455. The molecule has 1 saturated heterocycles. The van der Waals surface area contributed by atoms with E-state index in [1.807, 2.05) is 30.3 Å². The Hall–Kier alpha value is -2.03. The lowest BCUT2D eigenvalue weighted by Crippen LogP contribution is -2.33. The molecule has 0 radical (unpaired) electrons. The molecule has 0 saturated carbocycles. The van der Waals surface area contributed by atoms with Crippen molar-refractivity contribution in [2.45, 2.75) is 25.4 Å². The first kappa shape index (κ1) is 17.3. The van der Waals surface area contributed by atoms with Gasteiger partial charge in [0.25, 0.3) is 5.91 Å². The Morgan fingerprint density at radius 2 is 2.22 bits per heavy atom.